The highest BCUT2D eigenvalue weighted by Crippen LogP contribution is 2.27. The van der Waals surface area contributed by atoms with E-state index in [1.165, 1.54) is 4.90 Å². The van der Waals surface area contributed by atoms with Gasteiger partial charge in [-0.15, -0.1) is 0 Å². The van der Waals surface area contributed by atoms with Crippen molar-refractivity contribution in [1.29, 1.82) is 0 Å². The Morgan fingerprint density at radius 3 is 2.06 bits per heavy atom. The zero-order valence-electron chi connectivity index (χ0n) is 27.7. The second-order valence-corrected chi connectivity index (χ2v) is 14.5. The van der Waals surface area contributed by atoms with Crippen molar-refractivity contribution in [2.75, 3.05) is 10.8 Å². The Labute approximate surface area is 284 Å². The molecule has 0 aliphatic heterocycles. The van der Waals surface area contributed by atoms with Crippen molar-refractivity contribution in [3.05, 3.63) is 130 Å². The third-order valence-electron chi connectivity index (χ3n) is 8.25. The summed E-state index contributed by atoms with van der Waals surface area (Å²) in [5.74, 6) is -0.592. The molecule has 7 nitrogen and oxygen atoms in total. The number of anilines is 1. The summed E-state index contributed by atoms with van der Waals surface area (Å²) in [6, 6.07) is 29.3. The minimum atomic E-state index is -4.18. The summed E-state index contributed by atoms with van der Waals surface area (Å²) in [7, 11) is -4.18. The highest BCUT2D eigenvalue weighted by molar-refractivity contribution is 7.92. The minimum Gasteiger partial charge on any atom is -0.352 e. The first kappa shape index (κ1) is 35.7. The molecule has 0 bridgehead atoms. The van der Waals surface area contributed by atoms with Crippen molar-refractivity contribution < 1.29 is 18.0 Å². The quantitative estimate of drug-likeness (QED) is 0.150. The van der Waals surface area contributed by atoms with Crippen LogP contribution in [0.2, 0.25) is 5.02 Å². The van der Waals surface area contributed by atoms with Gasteiger partial charge in [0.25, 0.3) is 10.0 Å². The Morgan fingerprint density at radius 2 is 1.47 bits per heavy atom. The fourth-order valence-electron chi connectivity index (χ4n) is 5.22. The predicted octanol–water partition coefficient (Wildman–Crippen LogP) is 7.52. The number of carbonyl (C=O) groups is 2. The summed E-state index contributed by atoms with van der Waals surface area (Å²) in [5.41, 5.74) is 3.90. The standard InChI is InChI=1S/C38H44ClN3O4S/c1-6-29(5)40-38(44)36(24-30-11-8-7-9-12-30)41(25-31-13-10-14-33(39)23-31)37(43)26-42(34-19-17-32(18-20-34)27(2)3)47(45,46)35-21-15-28(4)16-22-35/h7-23,27,29,36H,6,24-26H2,1-5H3,(H,40,44)/t29-,36+/m1/s1. The first-order valence-electron chi connectivity index (χ1n) is 16.0. The normalized spacial score (nSPS) is 12.7. The van der Waals surface area contributed by atoms with Crippen molar-refractivity contribution in [1.82, 2.24) is 10.2 Å². The number of sulfonamides is 1. The molecular weight excluding hydrogens is 630 g/mol. The van der Waals surface area contributed by atoms with E-state index < -0.39 is 28.5 Å². The number of amides is 2. The van der Waals surface area contributed by atoms with E-state index in [1.54, 1.807) is 54.6 Å². The summed E-state index contributed by atoms with van der Waals surface area (Å²) in [6.07, 6.45) is 0.949. The Bertz CT molecular complexity index is 1740. The Balaban J connectivity index is 1.82. The largest absolute Gasteiger partial charge is 0.352 e. The number of nitrogens with one attached hydrogen (secondary N) is 1. The molecule has 4 aromatic rings. The van der Waals surface area contributed by atoms with Gasteiger partial charge in [0, 0.05) is 24.0 Å². The summed E-state index contributed by atoms with van der Waals surface area (Å²) < 4.78 is 29.7. The predicted molar refractivity (Wildman–Crippen MR) is 190 cm³/mol. The smallest absolute Gasteiger partial charge is 0.264 e. The van der Waals surface area contributed by atoms with Gasteiger partial charge in [-0.25, -0.2) is 8.42 Å². The number of nitrogens with zero attached hydrogens (tertiary/aromatic N) is 2. The molecule has 0 saturated carbocycles. The van der Waals surface area contributed by atoms with Crippen LogP contribution < -0.4 is 9.62 Å². The van der Waals surface area contributed by atoms with Gasteiger partial charge in [0.1, 0.15) is 12.6 Å². The van der Waals surface area contributed by atoms with Crippen LogP contribution in [0, 0.1) is 6.92 Å². The monoisotopic (exact) mass is 673 g/mol. The fourth-order valence-corrected chi connectivity index (χ4v) is 6.85. The topological polar surface area (TPSA) is 86.8 Å². The molecule has 47 heavy (non-hydrogen) atoms. The second-order valence-electron chi connectivity index (χ2n) is 12.2. The molecule has 4 aromatic carbocycles. The van der Waals surface area contributed by atoms with Crippen molar-refractivity contribution in [2.24, 2.45) is 0 Å². The Kier molecular flexibility index (Phi) is 12.2. The number of rotatable bonds is 14. The lowest BCUT2D eigenvalue weighted by Crippen LogP contribution is -2.54. The summed E-state index contributed by atoms with van der Waals surface area (Å²) in [4.78, 5) is 30.1. The first-order chi connectivity index (χ1) is 22.4. The van der Waals surface area contributed by atoms with Gasteiger partial charge in [-0.3, -0.25) is 13.9 Å². The Morgan fingerprint density at radius 1 is 0.830 bits per heavy atom. The number of halogens is 1. The van der Waals surface area contributed by atoms with Crippen LogP contribution in [0.3, 0.4) is 0 Å². The summed E-state index contributed by atoms with van der Waals surface area (Å²) in [5, 5.41) is 3.55. The third kappa shape index (κ3) is 9.46. The molecule has 2 amide bonds. The maximum Gasteiger partial charge on any atom is 0.264 e. The lowest BCUT2D eigenvalue weighted by molar-refractivity contribution is -0.140. The van der Waals surface area contributed by atoms with E-state index >= 15 is 0 Å². The molecule has 0 aromatic heterocycles. The molecule has 0 aliphatic carbocycles. The average molecular weight is 674 g/mol. The van der Waals surface area contributed by atoms with Gasteiger partial charge in [-0.2, -0.15) is 0 Å². The van der Waals surface area contributed by atoms with Crippen molar-refractivity contribution in [2.45, 2.75) is 76.9 Å². The molecule has 0 unspecified atom stereocenters. The van der Waals surface area contributed by atoms with Crippen LogP contribution in [0.4, 0.5) is 5.69 Å². The van der Waals surface area contributed by atoms with Gasteiger partial charge in [0.2, 0.25) is 11.8 Å². The van der Waals surface area contributed by atoms with Crippen LogP contribution in [-0.4, -0.2) is 43.8 Å². The molecule has 248 valence electrons. The molecule has 4 rings (SSSR count). The molecular formula is C38H44ClN3O4S. The molecule has 0 fully saturated rings. The van der Waals surface area contributed by atoms with E-state index in [9.17, 15) is 18.0 Å². The van der Waals surface area contributed by atoms with E-state index in [2.05, 4.69) is 19.2 Å². The van der Waals surface area contributed by atoms with E-state index in [-0.39, 0.29) is 35.7 Å². The van der Waals surface area contributed by atoms with E-state index in [1.807, 2.05) is 69.3 Å². The fraction of sp³-hybridized carbons (Fsp3) is 0.316. The maximum absolute atomic E-state index is 14.6. The SMILES string of the molecule is CC[C@@H](C)NC(=O)[C@H](Cc1ccccc1)N(Cc1cccc(Cl)c1)C(=O)CN(c1ccc(C(C)C)cc1)S(=O)(=O)c1ccc(C)cc1. The lowest BCUT2D eigenvalue weighted by Gasteiger charge is -2.34. The van der Waals surface area contributed by atoms with Crippen LogP contribution in [0.15, 0.2) is 108 Å². The van der Waals surface area contributed by atoms with Crippen LogP contribution >= 0.6 is 11.6 Å². The van der Waals surface area contributed by atoms with E-state index in [4.69, 9.17) is 11.6 Å². The number of carbonyl (C=O) groups excluding carboxylic acids is 2. The summed E-state index contributed by atoms with van der Waals surface area (Å²) >= 11 is 6.34. The van der Waals surface area contributed by atoms with Gasteiger partial charge in [-0.1, -0.05) is 105 Å². The van der Waals surface area contributed by atoms with Gasteiger partial charge < -0.3 is 10.2 Å². The minimum absolute atomic E-state index is 0.0511. The van der Waals surface area contributed by atoms with E-state index in [0.717, 1.165) is 26.6 Å². The van der Waals surface area contributed by atoms with Crippen LogP contribution in [-0.2, 0) is 32.6 Å². The molecule has 9 heteroatoms. The summed E-state index contributed by atoms with van der Waals surface area (Å²) in [6.45, 7) is 9.43. The first-order valence-corrected chi connectivity index (χ1v) is 17.8. The zero-order chi connectivity index (χ0) is 34.1. The molecule has 0 radical (unpaired) electrons. The number of benzene rings is 4. The van der Waals surface area contributed by atoms with Crippen LogP contribution in [0.5, 0.6) is 0 Å². The van der Waals surface area contributed by atoms with Crippen molar-refractivity contribution >= 4 is 39.1 Å². The molecule has 0 saturated heterocycles. The number of hydrogen-bond donors (Lipinski definition) is 1. The molecule has 0 spiro atoms. The van der Waals surface area contributed by atoms with Crippen molar-refractivity contribution in [3.8, 4) is 0 Å². The average Bonchev–Trinajstić information content (AvgIpc) is 3.05. The lowest BCUT2D eigenvalue weighted by atomic mass is 10.0. The van der Waals surface area contributed by atoms with Crippen molar-refractivity contribution in [3.63, 3.8) is 0 Å². The zero-order valence-corrected chi connectivity index (χ0v) is 29.3. The molecule has 2 atom stereocenters. The van der Waals surface area contributed by atoms with Gasteiger partial charge in [-0.05, 0) is 79.3 Å². The molecule has 0 heterocycles. The third-order valence-corrected chi connectivity index (χ3v) is 10.3. The highest BCUT2D eigenvalue weighted by atomic mass is 35.5. The number of hydrogen-bond acceptors (Lipinski definition) is 4. The maximum atomic E-state index is 14.6. The number of aryl methyl sites for hydroxylation is 1. The van der Waals surface area contributed by atoms with E-state index in [0.29, 0.717) is 17.1 Å². The molecule has 0 aliphatic rings. The second kappa shape index (κ2) is 16.1. The van der Waals surface area contributed by atoms with Gasteiger partial charge >= 0.3 is 0 Å². The van der Waals surface area contributed by atoms with Gasteiger partial charge in [0.05, 0.1) is 10.6 Å². The van der Waals surface area contributed by atoms with Crippen LogP contribution in [0.1, 0.15) is 62.3 Å². The van der Waals surface area contributed by atoms with Gasteiger partial charge in [0.15, 0.2) is 0 Å². The highest BCUT2D eigenvalue weighted by Gasteiger charge is 2.35. The van der Waals surface area contributed by atoms with Crippen LogP contribution in [0.25, 0.3) is 0 Å². The molecule has 1 N–H and O–H groups in total. The Hall–Kier alpha value is -4.14.